The Labute approximate surface area is 124 Å². The van der Waals surface area contributed by atoms with E-state index in [4.69, 9.17) is 0 Å². The summed E-state index contributed by atoms with van der Waals surface area (Å²) in [5.41, 5.74) is 0.555. The number of hydrogen-bond acceptors (Lipinski definition) is 3. The molecule has 0 aromatic heterocycles. The van der Waals surface area contributed by atoms with Crippen LogP contribution in [0.4, 0.5) is 0 Å². The number of ketones is 1. The molecule has 0 atom stereocenters. The fourth-order valence-corrected chi connectivity index (χ4v) is 2.17. The molecular formula is C13H13IN2O3. The van der Waals surface area contributed by atoms with E-state index in [1.54, 1.807) is 19.2 Å². The summed E-state index contributed by atoms with van der Waals surface area (Å²) in [4.78, 5) is 38.0. The zero-order chi connectivity index (χ0) is 14.0. The standard InChI is InChI=1S/C13H13IN2O3/c1-15-7-13(19)16(8-12(15)18)6-11(17)9-2-4-10(14)5-3-9/h2-5H,6-8H2,1H3. The fraction of sp³-hybridized carbons (Fsp3) is 0.308. The van der Waals surface area contributed by atoms with Gasteiger partial charge in [0, 0.05) is 16.2 Å². The number of amides is 2. The first-order valence-corrected chi connectivity index (χ1v) is 6.86. The molecular weight excluding hydrogens is 359 g/mol. The van der Waals surface area contributed by atoms with Crippen LogP contribution in [-0.2, 0) is 9.59 Å². The quantitative estimate of drug-likeness (QED) is 0.582. The van der Waals surface area contributed by atoms with Crippen molar-refractivity contribution < 1.29 is 14.4 Å². The smallest absolute Gasteiger partial charge is 0.243 e. The summed E-state index contributed by atoms with van der Waals surface area (Å²) in [5, 5.41) is 0. The normalized spacial score (nSPS) is 15.9. The van der Waals surface area contributed by atoms with E-state index in [2.05, 4.69) is 22.6 Å². The predicted octanol–water partition coefficient (Wildman–Crippen LogP) is 0.774. The third-order valence-electron chi connectivity index (χ3n) is 2.98. The predicted molar refractivity (Wildman–Crippen MR) is 77.7 cm³/mol. The third kappa shape index (κ3) is 3.31. The maximum absolute atomic E-state index is 12.0. The van der Waals surface area contributed by atoms with Gasteiger partial charge >= 0.3 is 0 Å². The largest absolute Gasteiger partial charge is 0.335 e. The minimum Gasteiger partial charge on any atom is -0.335 e. The number of carbonyl (C=O) groups excluding carboxylic acids is 3. The van der Waals surface area contributed by atoms with Crippen LogP contribution in [0, 0.1) is 3.57 Å². The van der Waals surface area contributed by atoms with Crippen molar-refractivity contribution in [2.24, 2.45) is 0 Å². The first kappa shape index (κ1) is 14.0. The molecule has 1 fully saturated rings. The lowest BCUT2D eigenvalue weighted by molar-refractivity contribution is -0.148. The van der Waals surface area contributed by atoms with Crippen molar-refractivity contribution in [1.29, 1.82) is 0 Å². The molecule has 5 nitrogen and oxygen atoms in total. The van der Waals surface area contributed by atoms with Gasteiger partial charge in [-0.25, -0.2) is 0 Å². The molecule has 0 bridgehead atoms. The van der Waals surface area contributed by atoms with Crippen molar-refractivity contribution in [3.8, 4) is 0 Å². The number of nitrogens with zero attached hydrogens (tertiary/aromatic N) is 2. The van der Waals surface area contributed by atoms with Crippen LogP contribution in [0.15, 0.2) is 24.3 Å². The molecule has 1 aromatic rings. The topological polar surface area (TPSA) is 57.7 Å². The summed E-state index contributed by atoms with van der Waals surface area (Å²) >= 11 is 2.16. The summed E-state index contributed by atoms with van der Waals surface area (Å²) in [5.74, 6) is -0.488. The maximum atomic E-state index is 12.0. The third-order valence-corrected chi connectivity index (χ3v) is 3.70. The van der Waals surface area contributed by atoms with E-state index in [1.165, 1.54) is 9.80 Å². The van der Waals surface area contributed by atoms with E-state index < -0.39 is 0 Å². The van der Waals surface area contributed by atoms with Gasteiger partial charge in [0.1, 0.15) is 6.54 Å². The molecule has 0 radical (unpaired) electrons. The molecule has 0 spiro atoms. The van der Waals surface area contributed by atoms with Gasteiger partial charge in [-0.1, -0.05) is 12.1 Å². The second-order valence-electron chi connectivity index (χ2n) is 4.43. The first-order chi connectivity index (χ1) is 8.97. The lowest BCUT2D eigenvalue weighted by atomic mass is 10.1. The maximum Gasteiger partial charge on any atom is 0.243 e. The zero-order valence-electron chi connectivity index (χ0n) is 10.4. The number of piperazine rings is 1. The monoisotopic (exact) mass is 372 g/mol. The van der Waals surface area contributed by atoms with Crippen molar-refractivity contribution in [2.45, 2.75) is 0 Å². The molecule has 19 heavy (non-hydrogen) atoms. The Morgan fingerprint density at radius 1 is 1.16 bits per heavy atom. The van der Waals surface area contributed by atoms with Gasteiger partial charge in [0.25, 0.3) is 0 Å². The Morgan fingerprint density at radius 2 is 1.79 bits per heavy atom. The molecule has 1 aliphatic heterocycles. The van der Waals surface area contributed by atoms with Crippen molar-refractivity contribution in [1.82, 2.24) is 9.80 Å². The summed E-state index contributed by atoms with van der Waals surface area (Å²) < 4.78 is 1.04. The Balaban J connectivity index is 2.04. The van der Waals surface area contributed by atoms with Crippen LogP contribution in [0.1, 0.15) is 10.4 Å². The molecule has 1 saturated heterocycles. The number of benzene rings is 1. The second-order valence-corrected chi connectivity index (χ2v) is 5.68. The Hall–Kier alpha value is -1.44. The Morgan fingerprint density at radius 3 is 2.42 bits per heavy atom. The molecule has 1 aromatic carbocycles. The van der Waals surface area contributed by atoms with Gasteiger partial charge in [0.2, 0.25) is 11.8 Å². The van der Waals surface area contributed by atoms with Crippen LogP contribution < -0.4 is 0 Å². The van der Waals surface area contributed by atoms with Crippen molar-refractivity contribution in [3.05, 3.63) is 33.4 Å². The number of halogens is 1. The SMILES string of the molecule is CN1CC(=O)N(CC(=O)c2ccc(I)cc2)CC1=O. The average molecular weight is 372 g/mol. The van der Waals surface area contributed by atoms with Gasteiger partial charge in [-0.3, -0.25) is 14.4 Å². The van der Waals surface area contributed by atoms with Crippen molar-refractivity contribution in [3.63, 3.8) is 0 Å². The van der Waals surface area contributed by atoms with Gasteiger partial charge in [0.05, 0.1) is 13.1 Å². The number of likely N-dealkylation sites (N-methyl/N-ethyl adjacent to an activating group) is 1. The van der Waals surface area contributed by atoms with Crippen LogP contribution in [0.3, 0.4) is 0 Å². The summed E-state index contributed by atoms with van der Waals surface area (Å²) in [6, 6.07) is 7.13. The number of carbonyl (C=O) groups is 3. The molecule has 2 rings (SSSR count). The summed E-state index contributed by atoms with van der Waals surface area (Å²) in [7, 11) is 1.58. The van der Waals surface area contributed by atoms with Crippen LogP contribution in [0.5, 0.6) is 0 Å². The Bertz CT molecular complexity index is 527. The first-order valence-electron chi connectivity index (χ1n) is 5.78. The molecule has 0 saturated carbocycles. The number of hydrogen-bond donors (Lipinski definition) is 0. The number of rotatable bonds is 3. The molecule has 1 heterocycles. The summed E-state index contributed by atoms with van der Waals surface area (Å²) in [6.45, 7) is -0.0246. The molecule has 0 unspecified atom stereocenters. The van der Waals surface area contributed by atoms with Crippen LogP contribution in [-0.4, -0.2) is 54.1 Å². The van der Waals surface area contributed by atoms with E-state index >= 15 is 0 Å². The minimum atomic E-state index is -0.194. The van der Waals surface area contributed by atoms with Gasteiger partial charge in [-0.2, -0.15) is 0 Å². The lowest BCUT2D eigenvalue weighted by Gasteiger charge is -2.31. The minimum absolute atomic E-state index is 0.0224. The Kier molecular flexibility index (Phi) is 4.18. The highest BCUT2D eigenvalue weighted by molar-refractivity contribution is 14.1. The zero-order valence-corrected chi connectivity index (χ0v) is 12.6. The highest BCUT2D eigenvalue weighted by Gasteiger charge is 2.28. The van der Waals surface area contributed by atoms with E-state index in [9.17, 15) is 14.4 Å². The highest BCUT2D eigenvalue weighted by Crippen LogP contribution is 2.09. The van der Waals surface area contributed by atoms with Gasteiger partial charge in [0.15, 0.2) is 5.78 Å². The van der Waals surface area contributed by atoms with Gasteiger partial charge in [-0.05, 0) is 34.7 Å². The van der Waals surface area contributed by atoms with Crippen LogP contribution in [0.25, 0.3) is 0 Å². The van der Waals surface area contributed by atoms with E-state index in [1.807, 2.05) is 12.1 Å². The lowest BCUT2D eigenvalue weighted by Crippen LogP contribution is -2.53. The molecule has 6 heteroatoms. The van der Waals surface area contributed by atoms with Gasteiger partial charge in [-0.15, -0.1) is 0 Å². The van der Waals surface area contributed by atoms with Crippen LogP contribution >= 0.6 is 22.6 Å². The molecule has 0 aliphatic carbocycles. The van der Waals surface area contributed by atoms with E-state index in [0.29, 0.717) is 5.56 Å². The van der Waals surface area contributed by atoms with E-state index in [0.717, 1.165) is 3.57 Å². The summed E-state index contributed by atoms with van der Waals surface area (Å²) in [6.07, 6.45) is 0. The molecule has 100 valence electrons. The van der Waals surface area contributed by atoms with Gasteiger partial charge < -0.3 is 9.80 Å². The highest BCUT2D eigenvalue weighted by atomic mass is 127. The van der Waals surface area contributed by atoms with Crippen LogP contribution in [0.2, 0.25) is 0 Å². The van der Waals surface area contributed by atoms with Crippen molar-refractivity contribution in [2.75, 3.05) is 26.7 Å². The number of Topliss-reactive ketones (excluding diaryl/α,β-unsaturated/α-hetero) is 1. The molecule has 1 aliphatic rings. The molecule has 0 N–H and O–H groups in total. The average Bonchev–Trinajstić information content (AvgIpc) is 2.36. The van der Waals surface area contributed by atoms with E-state index in [-0.39, 0.29) is 37.2 Å². The van der Waals surface area contributed by atoms with Crippen molar-refractivity contribution >= 4 is 40.2 Å². The molecule has 2 amide bonds. The second kappa shape index (κ2) is 5.68. The fourth-order valence-electron chi connectivity index (χ4n) is 1.81.